The van der Waals surface area contributed by atoms with Crippen LogP contribution in [0.3, 0.4) is 0 Å². The first-order chi connectivity index (χ1) is 17.5. The Balaban J connectivity index is 1.66. The number of para-hydroxylation sites is 2. The van der Waals surface area contributed by atoms with Crippen LogP contribution in [0.25, 0.3) is 0 Å². The number of hydrogen-bond donors (Lipinski definition) is 2. The molecule has 0 unspecified atom stereocenters. The quantitative estimate of drug-likeness (QED) is 0.445. The maximum absolute atomic E-state index is 13.5. The molecule has 196 valence electrons. The molecule has 12 heteroatoms. The molecule has 0 bridgehead atoms. The standard InChI is InChI=1S/C25H27N3O7S2/c1-17(2)27-36(30,31)19-13-14-22(34-3)20(15-19)26-25(29)24-16-28(21-11-7-8-12-23(21)35-24)37(32,33)18-9-5-4-6-10-18/h4-15,17,24,27H,16H2,1-3H3,(H,26,29)/t24-/m1/s1. The van der Waals surface area contributed by atoms with Crippen LogP contribution in [0.1, 0.15) is 13.8 Å². The van der Waals surface area contributed by atoms with Gasteiger partial charge in [-0.15, -0.1) is 0 Å². The zero-order chi connectivity index (χ0) is 26.8. The smallest absolute Gasteiger partial charge is 0.267 e. The molecule has 1 atom stereocenters. The summed E-state index contributed by atoms with van der Waals surface area (Å²) in [6.45, 7) is 3.09. The fourth-order valence-electron chi connectivity index (χ4n) is 3.83. The number of carbonyl (C=O) groups is 1. The molecule has 0 aromatic heterocycles. The molecule has 0 radical (unpaired) electrons. The monoisotopic (exact) mass is 545 g/mol. The van der Waals surface area contributed by atoms with Crippen molar-refractivity contribution in [1.29, 1.82) is 0 Å². The van der Waals surface area contributed by atoms with Crippen molar-refractivity contribution in [2.75, 3.05) is 23.3 Å². The Kier molecular flexibility index (Phi) is 7.44. The molecule has 10 nitrogen and oxygen atoms in total. The minimum atomic E-state index is -4.00. The van der Waals surface area contributed by atoms with Crippen LogP contribution in [0.4, 0.5) is 11.4 Å². The number of nitrogens with one attached hydrogen (secondary N) is 2. The highest BCUT2D eigenvalue weighted by Gasteiger charge is 2.37. The van der Waals surface area contributed by atoms with E-state index < -0.39 is 32.1 Å². The first-order valence-electron chi connectivity index (χ1n) is 11.4. The van der Waals surface area contributed by atoms with Gasteiger partial charge in [0, 0.05) is 6.04 Å². The van der Waals surface area contributed by atoms with Crippen LogP contribution in [0.2, 0.25) is 0 Å². The van der Waals surface area contributed by atoms with Crippen LogP contribution in [0.15, 0.2) is 82.6 Å². The first-order valence-corrected chi connectivity index (χ1v) is 14.3. The normalized spacial score (nSPS) is 15.6. The molecular weight excluding hydrogens is 518 g/mol. The molecule has 0 saturated carbocycles. The number of ether oxygens (including phenoxy) is 2. The molecule has 3 aromatic carbocycles. The van der Waals surface area contributed by atoms with Gasteiger partial charge in [0.25, 0.3) is 15.9 Å². The number of carbonyl (C=O) groups excluding carboxylic acids is 1. The molecule has 0 fully saturated rings. The maximum Gasteiger partial charge on any atom is 0.267 e. The predicted octanol–water partition coefficient (Wildman–Crippen LogP) is 2.98. The molecule has 37 heavy (non-hydrogen) atoms. The maximum atomic E-state index is 13.5. The van der Waals surface area contributed by atoms with Crippen LogP contribution in [0, 0.1) is 0 Å². The highest BCUT2D eigenvalue weighted by Crippen LogP contribution is 2.37. The lowest BCUT2D eigenvalue weighted by Crippen LogP contribution is -2.48. The van der Waals surface area contributed by atoms with Crippen LogP contribution in [0.5, 0.6) is 11.5 Å². The van der Waals surface area contributed by atoms with Gasteiger partial charge in [0.05, 0.1) is 34.8 Å². The van der Waals surface area contributed by atoms with Crippen molar-refractivity contribution < 1.29 is 31.1 Å². The number of rotatable bonds is 8. The van der Waals surface area contributed by atoms with Gasteiger partial charge in [0.2, 0.25) is 10.0 Å². The molecule has 1 amide bonds. The molecule has 1 aliphatic heterocycles. The molecule has 1 heterocycles. The van der Waals surface area contributed by atoms with E-state index in [-0.39, 0.29) is 39.6 Å². The molecule has 1 aliphatic rings. The van der Waals surface area contributed by atoms with E-state index in [9.17, 15) is 21.6 Å². The molecule has 0 saturated heterocycles. The minimum absolute atomic E-state index is 0.0690. The Bertz CT molecular complexity index is 1510. The summed E-state index contributed by atoms with van der Waals surface area (Å²) in [5, 5.41) is 2.64. The van der Waals surface area contributed by atoms with Gasteiger partial charge >= 0.3 is 0 Å². The number of methoxy groups -OCH3 is 1. The topological polar surface area (TPSA) is 131 Å². The van der Waals surface area contributed by atoms with Crippen LogP contribution in [-0.4, -0.2) is 48.5 Å². The zero-order valence-electron chi connectivity index (χ0n) is 20.4. The van der Waals surface area contributed by atoms with Crippen molar-refractivity contribution in [1.82, 2.24) is 4.72 Å². The van der Waals surface area contributed by atoms with Gasteiger partial charge in [-0.3, -0.25) is 9.10 Å². The number of fused-ring (bicyclic) bond motifs is 1. The summed E-state index contributed by atoms with van der Waals surface area (Å²) < 4.78 is 67.0. The third-order valence-corrected chi connectivity index (χ3v) is 8.94. The SMILES string of the molecule is COc1ccc(S(=O)(=O)NC(C)C)cc1NC(=O)[C@H]1CN(S(=O)(=O)c2ccccc2)c2ccccc2O1. The van der Waals surface area contributed by atoms with Gasteiger partial charge in [0.1, 0.15) is 11.5 Å². The van der Waals surface area contributed by atoms with E-state index in [1.54, 1.807) is 56.3 Å². The van der Waals surface area contributed by atoms with Crippen molar-refractivity contribution in [3.8, 4) is 11.5 Å². The Hall–Kier alpha value is -3.61. The third kappa shape index (κ3) is 5.55. The summed E-state index contributed by atoms with van der Waals surface area (Å²) in [7, 11) is -6.46. The Morgan fingerprint density at radius 3 is 2.32 bits per heavy atom. The highest BCUT2D eigenvalue weighted by molar-refractivity contribution is 7.92. The summed E-state index contributed by atoms with van der Waals surface area (Å²) >= 11 is 0. The molecule has 2 N–H and O–H groups in total. The zero-order valence-corrected chi connectivity index (χ0v) is 22.0. The first kappa shape index (κ1) is 26.5. The molecule has 3 aromatic rings. The minimum Gasteiger partial charge on any atom is -0.495 e. The second-order valence-corrected chi connectivity index (χ2v) is 12.1. The molecular formula is C25H27N3O7S2. The number of anilines is 2. The van der Waals surface area contributed by atoms with E-state index >= 15 is 0 Å². The summed E-state index contributed by atoms with van der Waals surface area (Å²) in [6.07, 6.45) is -1.23. The number of hydrogen-bond acceptors (Lipinski definition) is 7. The van der Waals surface area contributed by atoms with Gasteiger partial charge in [-0.2, -0.15) is 0 Å². The van der Waals surface area contributed by atoms with E-state index in [2.05, 4.69) is 10.0 Å². The molecule has 0 aliphatic carbocycles. The average molecular weight is 546 g/mol. The Morgan fingerprint density at radius 2 is 1.65 bits per heavy atom. The van der Waals surface area contributed by atoms with E-state index in [0.717, 1.165) is 4.31 Å². The fourth-order valence-corrected chi connectivity index (χ4v) is 6.60. The van der Waals surface area contributed by atoms with Gasteiger partial charge < -0.3 is 14.8 Å². The van der Waals surface area contributed by atoms with Gasteiger partial charge in [-0.05, 0) is 56.3 Å². The number of sulfonamides is 2. The lowest BCUT2D eigenvalue weighted by Gasteiger charge is -2.34. The van der Waals surface area contributed by atoms with Crippen molar-refractivity contribution in [2.45, 2.75) is 35.8 Å². The number of nitrogens with zero attached hydrogens (tertiary/aromatic N) is 1. The fraction of sp³-hybridized carbons (Fsp3) is 0.240. The lowest BCUT2D eigenvalue weighted by atomic mass is 10.2. The third-order valence-electron chi connectivity index (χ3n) is 5.49. The Morgan fingerprint density at radius 1 is 0.973 bits per heavy atom. The molecule has 0 spiro atoms. The Labute approximate surface area is 216 Å². The summed E-state index contributed by atoms with van der Waals surface area (Å²) in [6, 6.07) is 18.1. The van der Waals surface area contributed by atoms with Crippen molar-refractivity contribution in [2.24, 2.45) is 0 Å². The van der Waals surface area contributed by atoms with Gasteiger partial charge in [0.15, 0.2) is 6.10 Å². The highest BCUT2D eigenvalue weighted by atomic mass is 32.2. The number of amides is 1. The van der Waals surface area contributed by atoms with Gasteiger partial charge in [-0.1, -0.05) is 30.3 Å². The van der Waals surface area contributed by atoms with Gasteiger partial charge in [-0.25, -0.2) is 21.6 Å². The largest absolute Gasteiger partial charge is 0.495 e. The summed E-state index contributed by atoms with van der Waals surface area (Å²) in [5.41, 5.74) is 0.403. The summed E-state index contributed by atoms with van der Waals surface area (Å²) in [4.78, 5) is 13.3. The second-order valence-electron chi connectivity index (χ2n) is 8.55. The van der Waals surface area contributed by atoms with E-state index in [1.807, 2.05) is 0 Å². The van der Waals surface area contributed by atoms with E-state index in [1.165, 1.54) is 37.4 Å². The lowest BCUT2D eigenvalue weighted by molar-refractivity contribution is -0.122. The van der Waals surface area contributed by atoms with Crippen LogP contribution < -0.4 is 23.8 Å². The van der Waals surface area contributed by atoms with E-state index in [0.29, 0.717) is 5.69 Å². The summed E-state index contributed by atoms with van der Waals surface area (Å²) in [5.74, 6) is -0.230. The van der Waals surface area contributed by atoms with Crippen molar-refractivity contribution in [3.63, 3.8) is 0 Å². The number of benzene rings is 3. The van der Waals surface area contributed by atoms with E-state index in [4.69, 9.17) is 9.47 Å². The molecule has 4 rings (SSSR count). The van der Waals surface area contributed by atoms with Crippen LogP contribution in [-0.2, 0) is 24.8 Å². The van der Waals surface area contributed by atoms with Crippen LogP contribution >= 0.6 is 0 Å². The average Bonchev–Trinajstić information content (AvgIpc) is 2.87. The predicted molar refractivity (Wildman–Crippen MR) is 139 cm³/mol. The second kappa shape index (κ2) is 10.4. The van der Waals surface area contributed by atoms with Crippen molar-refractivity contribution in [3.05, 3.63) is 72.8 Å². The van der Waals surface area contributed by atoms with Crippen molar-refractivity contribution >= 4 is 37.3 Å².